The summed E-state index contributed by atoms with van der Waals surface area (Å²) in [4.78, 5) is 11.5. The molecule has 0 spiro atoms. The Bertz CT molecular complexity index is 347. The molecule has 1 heterocycles. The van der Waals surface area contributed by atoms with Crippen LogP contribution in [0.15, 0.2) is 30.3 Å². The van der Waals surface area contributed by atoms with Crippen molar-refractivity contribution in [3.05, 3.63) is 35.9 Å². The molecule has 0 N–H and O–H groups in total. The van der Waals surface area contributed by atoms with Crippen LogP contribution in [0.2, 0.25) is 0 Å². The maximum absolute atomic E-state index is 11.5. The van der Waals surface area contributed by atoms with Crippen LogP contribution in [-0.4, -0.2) is 25.3 Å². The van der Waals surface area contributed by atoms with Gasteiger partial charge in [0.25, 0.3) is 0 Å². The van der Waals surface area contributed by atoms with Crippen LogP contribution in [-0.2, 0) is 14.3 Å². The lowest BCUT2D eigenvalue weighted by Crippen LogP contribution is -2.22. The second-order valence-corrected chi connectivity index (χ2v) is 3.92. The lowest BCUT2D eigenvalue weighted by atomic mass is 9.96. The van der Waals surface area contributed by atoms with E-state index in [0.717, 1.165) is 6.42 Å². The van der Waals surface area contributed by atoms with Crippen molar-refractivity contribution in [3.63, 3.8) is 0 Å². The van der Waals surface area contributed by atoms with Crippen LogP contribution in [0, 0.1) is 0 Å². The molecule has 0 radical (unpaired) electrons. The summed E-state index contributed by atoms with van der Waals surface area (Å²) in [5.74, 6) is 0.0801. The van der Waals surface area contributed by atoms with Crippen molar-refractivity contribution in [1.29, 1.82) is 0 Å². The Hall–Kier alpha value is -1.35. The van der Waals surface area contributed by atoms with Crippen molar-refractivity contribution in [2.45, 2.75) is 25.4 Å². The van der Waals surface area contributed by atoms with Crippen molar-refractivity contribution in [2.75, 3.05) is 13.2 Å². The number of benzene rings is 1. The van der Waals surface area contributed by atoms with Crippen molar-refractivity contribution in [3.8, 4) is 0 Å². The first kappa shape index (κ1) is 11.1. The summed E-state index contributed by atoms with van der Waals surface area (Å²) >= 11 is 0. The summed E-state index contributed by atoms with van der Waals surface area (Å²) in [7, 11) is 0. The van der Waals surface area contributed by atoms with Gasteiger partial charge >= 0.3 is 5.97 Å². The van der Waals surface area contributed by atoms with Gasteiger partial charge in [-0.05, 0) is 18.9 Å². The first-order valence-electron chi connectivity index (χ1n) is 5.64. The lowest BCUT2D eigenvalue weighted by Gasteiger charge is -2.08. The monoisotopic (exact) mass is 220 g/mol. The molecule has 3 nitrogen and oxygen atoms in total. The van der Waals surface area contributed by atoms with Crippen molar-refractivity contribution in [2.24, 2.45) is 0 Å². The van der Waals surface area contributed by atoms with E-state index in [4.69, 9.17) is 9.47 Å². The standard InChI is InChI=1S/C13H16O3/c1-2-15-13(14)12-8-11(9-16-12)10-6-4-3-5-7-10/h3-7,11-12H,2,8-9H2,1H3/t11-,12-/m0/s1. The molecule has 0 bridgehead atoms. The predicted octanol–water partition coefficient (Wildman–Crippen LogP) is 2.12. The molecule has 86 valence electrons. The number of ether oxygens (including phenoxy) is 2. The predicted molar refractivity (Wildman–Crippen MR) is 60.2 cm³/mol. The van der Waals surface area contributed by atoms with Crippen LogP contribution in [0.3, 0.4) is 0 Å². The van der Waals surface area contributed by atoms with Crippen LogP contribution in [0.1, 0.15) is 24.8 Å². The highest BCUT2D eigenvalue weighted by molar-refractivity contribution is 5.75. The Morgan fingerprint density at radius 3 is 2.88 bits per heavy atom. The van der Waals surface area contributed by atoms with Gasteiger partial charge in [-0.1, -0.05) is 30.3 Å². The van der Waals surface area contributed by atoms with Gasteiger partial charge in [-0.25, -0.2) is 4.79 Å². The van der Waals surface area contributed by atoms with E-state index in [-0.39, 0.29) is 12.1 Å². The van der Waals surface area contributed by atoms with Gasteiger partial charge in [-0.3, -0.25) is 0 Å². The van der Waals surface area contributed by atoms with Crippen LogP contribution in [0.4, 0.5) is 0 Å². The molecule has 1 saturated heterocycles. The first-order valence-corrected chi connectivity index (χ1v) is 5.64. The second-order valence-electron chi connectivity index (χ2n) is 3.92. The number of carbonyl (C=O) groups excluding carboxylic acids is 1. The molecule has 16 heavy (non-hydrogen) atoms. The van der Waals surface area contributed by atoms with E-state index in [1.54, 1.807) is 0 Å². The highest BCUT2D eigenvalue weighted by Gasteiger charge is 2.32. The summed E-state index contributed by atoms with van der Waals surface area (Å²) in [5.41, 5.74) is 1.23. The number of hydrogen-bond donors (Lipinski definition) is 0. The molecule has 0 aromatic heterocycles. The third kappa shape index (κ3) is 2.42. The number of hydrogen-bond acceptors (Lipinski definition) is 3. The topological polar surface area (TPSA) is 35.5 Å². The average molecular weight is 220 g/mol. The third-order valence-corrected chi connectivity index (χ3v) is 2.82. The average Bonchev–Trinajstić information content (AvgIpc) is 2.80. The molecule has 0 aliphatic carbocycles. The van der Waals surface area contributed by atoms with Gasteiger partial charge in [0.15, 0.2) is 6.10 Å². The Labute approximate surface area is 95.4 Å². The molecule has 1 aliphatic rings. The molecule has 0 unspecified atom stereocenters. The van der Waals surface area contributed by atoms with Crippen molar-refractivity contribution in [1.82, 2.24) is 0 Å². The molecule has 1 fully saturated rings. The molecule has 1 aliphatic heterocycles. The Morgan fingerprint density at radius 2 is 2.19 bits per heavy atom. The first-order chi connectivity index (χ1) is 7.81. The summed E-state index contributed by atoms with van der Waals surface area (Å²) < 4.78 is 10.4. The maximum atomic E-state index is 11.5. The van der Waals surface area contributed by atoms with Gasteiger partial charge < -0.3 is 9.47 Å². The fourth-order valence-electron chi connectivity index (χ4n) is 1.98. The van der Waals surface area contributed by atoms with Gasteiger partial charge in [0.05, 0.1) is 13.2 Å². The SMILES string of the molecule is CCOC(=O)[C@@H]1C[C@H](c2ccccc2)CO1. The molecule has 1 aromatic carbocycles. The van der Waals surface area contributed by atoms with Gasteiger partial charge in [0, 0.05) is 5.92 Å². The van der Waals surface area contributed by atoms with Crippen molar-refractivity contribution >= 4 is 5.97 Å². The van der Waals surface area contributed by atoms with E-state index in [0.29, 0.717) is 19.1 Å². The van der Waals surface area contributed by atoms with E-state index >= 15 is 0 Å². The zero-order valence-electron chi connectivity index (χ0n) is 9.39. The largest absolute Gasteiger partial charge is 0.464 e. The fraction of sp³-hybridized carbons (Fsp3) is 0.462. The minimum Gasteiger partial charge on any atom is -0.464 e. The zero-order chi connectivity index (χ0) is 11.4. The van der Waals surface area contributed by atoms with E-state index in [2.05, 4.69) is 12.1 Å². The number of carbonyl (C=O) groups is 1. The summed E-state index contributed by atoms with van der Waals surface area (Å²) in [6.07, 6.45) is 0.341. The number of rotatable bonds is 3. The van der Waals surface area contributed by atoms with E-state index in [9.17, 15) is 4.79 Å². The van der Waals surface area contributed by atoms with Gasteiger partial charge in [-0.15, -0.1) is 0 Å². The van der Waals surface area contributed by atoms with E-state index in [1.165, 1.54) is 5.56 Å². The van der Waals surface area contributed by atoms with Crippen LogP contribution >= 0.6 is 0 Å². The molecule has 1 aromatic rings. The Balaban J connectivity index is 1.96. The summed E-state index contributed by atoms with van der Waals surface area (Å²) in [6.45, 7) is 2.82. The fourth-order valence-corrected chi connectivity index (χ4v) is 1.98. The summed E-state index contributed by atoms with van der Waals surface area (Å²) in [5, 5.41) is 0. The third-order valence-electron chi connectivity index (χ3n) is 2.82. The molecule has 3 heteroatoms. The minimum atomic E-state index is -0.384. The van der Waals surface area contributed by atoms with Crippen LogP contribution in [0.25, 0.3) is 0 Å². The van der Waals surface area contributed by atoms with Crippen LogP contribution < -0.4 is 0 Å². The molecule has 2 rings (SSSR count). The van der Waals surface area contributed by atoms with Crippen molar-refractivity contribution < 1.29 is 14.3 Å². The maximum Gasteiger partial charge on any atom is 0.335 e. The molecule has 0 saturated carbocycles. The van der Waals surface area contributed by atoms with Gasteiger partial charge in [0.1, 0.15) is 0 Å². The normalized spacial score (nSPS) is 24.3. The molecule has 0 amide bonds. The zero-order valence-corrected chi connectivity index (χ0v) is 9.39. The molecule has 2 atom stereocenters. The Kier molecular flexibility index (Phi) is 3.57. The van der Waals surface area contributed by atoms with Gasteiger partial charge in [-0.2, -0.15) is 0 Å². The number of esters is 1. The second kappa shape index (κ2) is 5.12. The minimum absolute atomic E-state index is 0.235. The lowest BCUT2D eigenvalue weighted by molar-refractivity contribution is -0.153. The molecular weight excluding hydrogens is 204 g/mol. The highest BCUT2D eigenvalue weighted by Crippen LogP contribution is 2.29. The summed E-state index contributed by atoms with van der Waals surface area (Å²) in [6, 6.07) is 10.1. The Morgan fingerprint density at radius 1 is 1.44 bits per heavy atom. The quantitative estimate of drug-likeness (QED) is 0.732. The highest BCUT2D eigenvalue weighted by atomic mass is 16.6. The van der Waals surface area contributed by atoms with Crippen LogP contribution in [0.5, 0.6) is 0 Å². The molecular formula is C13H16O3. The smallest absolute Gasteiger partial charge is 0.335 e. The van der Waals surface area contributed by atoms with E-state index in [1.807, 2.05) is 25.1 Å². The van der Waals surface area contributed by atoms with E-state index < -0.39 is 0 Å². The van der Waals surface area contributed by atoms with Gasteiger partial charge in [0.2, 0.25) is 0 Å².